The Morgan fingerprint density at radius 2 is 2.00 bits per heavy atom. The monoisotopic (exact) mass is 254 g/mol. The van der Waals surface area contributed by atoms with Crippen LogP contribution in [0.5, 0.6) is 0 Å². The van der Waals surface area contributed by atoms with Crippen molar-refractivity contribution in [2.75, 3.05) is 0 Å². The number of carbonyl (C=O) groups is 1. The van der Waals surface area contributed by atoms with Gasteiger partial charge in [0.05, 0.1) is 22.3 Å². The fourth-order valence-corrected chi connectivity index (χ4v) is 2.02. The second kappa shape index (κ2) is 4.20. The van der Waals surface area contributed by atoms with Crippen molar-refractivity contribution in [1.29, 1.82) is 0 Å². The molecule has 2 aromatic heterocycles. The first kappa shape index (κ1) is 11.4. The van der Waals surface area contributed by atoms with Crippen molar-refractivity contribution in [3.8, 4) is 11.3 Å². The summed E-state index contributed by atoms with van der Waals surface area (Å²) >= 11 is 0. The Kier molecular flexibility index (Phi) is 2.52. The smallest absolute Gasteiger partial charge is 0.336 e. The number of carboxylic acid groups (broad SMARTS) is 1. The number of hydrogen-bond acceptors (Lipinski definition) is 4. The molecule has 0 saturated heterocycles. The van der Waals surface area contributed by atoms with Crippen LogP contribution in [0.4, 0.5) is 0 Å². The van der Waals surface area contributed by atoms with Crippen molar-refractivity contribution >= 4 is 17.1 Å². The van der Waals surface area contributed by atoms with Crippen LogP contribution in [0.2, 0.25) is 0 Å². The summed E-state index contributed by atoms with van der Waals surface area (Å²) in [7, 11) is 0. The number of aromatic nitrogens is 2. The quantitative estimate of drug-likeness (QED) is 0.760. The minimum atomic E-state index is -1.02. The van der Waals surface area contributed by atoms with Crippen molar-refractivity contribution in [3.05, 3.63) is 47.7 Å². The number of nitrogens with zero attached hydrogens (tertiary/aromatic N) is 2. The summed E-state index contributed by atoms with van der Waals surface area (Å²) in [6.45, 7) is 1.70. The van der Waals surface area contributed by atoms with E-state index in [1.165, 1.54) is 0 Å². The van der Waals surface area contributed by atoms with Gasteiger partial charge in [-0.3, -0.25) is 0 Å². The third-order valence-electron chi connectivity index (χ3n) is 2.92. The zero-order valence-electron chi connectivity index (χ0n) is 10.1. The third kappa shape index (κ3) is 1.85. The van der Waals surface area contributed by atoms with Crippen LogP contribution in [0, 0.1) is 6.92 Å². The predicted octanol–water partition coefficient (Wildman–Crippen LogP) is 2.90. The zero-order chi connectivity index (χ0) is 13.4. The number of hydrogen-bond donors (Lipinski definition) is 1. The van der Waals surface area contributed by atoms with Crippen LogP contribution >= 0.6 is 0 Å². The summed E-state index contributed by atoms with van der Waals surface area (Å²) in [5.74, 6) is -1.02. The molecular weight excluding hydrogens is 244 g/mol. The van der Waals surface area contributed by atoms with E-state index in [0.717, 1.165) is 5.56 Å². The second-order valence-corrected chi connectivity index (χ2v) is 4.17. The number of rotatable bonds is 2. The van der Waals surface area contributed by atoms with Crippen LogP contribution < -0.4 is 0 Å². The molecule has 0 unspecified atom stereocenters. The fraction of sp³-hybridized carbons (Fsp3) is 0.0714. The predicted molar refractivity (Wildman–Crippen MR) is 68.9 cm³/mol. The molecule has 19 heavy (non-hydrogen) atoms. The first-order chi connectivity index (χ1) is 9.16. The standard InChI is InChI=1S/C14H10N2O3/c1-8-12-10(14(17)18)7-11(15-13(12)19-16-8)9-5-3-2-4-6-9/h2-7H,1H3,(H,17,18). The van der Waals surface area contributed by atoms with Crippen molar-refractivity contribution < 1.29 is 14.4 Å². The molecule has 0 bridgehead atoms. The van der Waals surface area contributed by atoms with Gasteiger partial charge in [-0.1, -0.05) is 35.5 Å². The van der Waals surface area contributed by atoms with Gasteiger partial charge in [-0.15, -0.1) is 0 Å². The average molecular weight is 254 g/mol. The van der Waals surface area contributed by atoms with E-state index in [-0.39, 0.29) is 11.3 Å². The minimum Gasteiger partial charge on any atom is -0.478 e. The molecule has 0 saturated carbocycles. The van der Waals surface area contributed by atoms with Crippen LogP contribution in [0.25, 0.3) is 22.4 Å². The number of benzene rings is 1. The maximum absolute atomic E-state index is 11.4. The van der Waals surface area contributed by atoms with E-state index < -0.39 is 5.97 Å². The molecule has 94 valence electrons. The van der Waals surface area contributed by atoms with E-state index in [1.807, 2.05) is 30.3 Å². The summed E-state index contributed by atoms with van der Waals surface area (Å²) in [6, 6.07) is 10.9. The van der Waals surface area contributed by atoms with Crippen LogP contribution in [0.1, 0.15) is 16.1 Å². The van der Waals surface area contributed by atoms with Crippen molar-refractivity contribution in [1.82, 2.24) is 10.1 Å². The normalized spacial score (nSPS) is 10.8. The summed E-state index contributed by atoms with van der Waals surface area (Å²) in [6.07, 6.45) is 0. The Bertz CT molecular complexity index is 763. The van der Waals surface area contributed by atoms with Crippen molar-refractivity contribution in [2.24, 2.45) is 0 Å². The second-order valence-electron chi connectivity index (χ2n) is 4.17. The van der Waals surface area contributed by atoms with Crippen molar-refractivity contribution in [2.45, 2.75) is 6.92 Å². The molecule has 0 fully saturated rings. The van der Waals surface area contributed by atoms with E-state index in [0.29, 0.717) is 16.8 Å². The van der Waals surface area contributed by atoms with Crippen LogP contribution in [0.15, 0.2) is 40.9 Å². The van der Waals surface area contributed by atoms with Crippen LogP contribution in [0.3, 0.4) is 0 Å². The first-order valence-corrected chi connectivity index (χ1v) is 5.72. The molecule has 5 heteroatoms. The van der Waals surface area contributed by atoms with E-state index in [4.69, 9.17) is 4.52 Å². The summed E-state index contributed by atoms with van der Waals surface area (Å²) in [4.78, 5) is 15.7. The molecule has 0 spiro atoms. The molecule has 0 aliphatic rings. The topological polar surface area (TPSA) is 76.2 Å². The molecule has 0 amide bonds. The fourth-order valence-electron chi connectivity index (χ4n) is 2.02. The van der Waals surface area contributed by atoms with Gasteiger partial charge < -0.3 is 9.63 Å². The molecule has 0 radical (unpaired) electrons. The van der Waals surface area contributed by atoms with Crippen LogP contribution in [-0.4, -0.2) is 21.2 Å². The van der Waals surface area contributed by atoms with Gasteiger partial charge in [0, 0.05) is 5.56 Å². The van der Waals surface area contributed by atoms with E-state index in [1.54, 1.807) is 13.0 Å². The number of aromatic carboxylic acids is 1. The van der Waals surface area contributed by atoms with Gasteiger partial charge in [0.2, 0.25) is 0 Å². The Hall–Kier alpha value is -2.69. The minimum absolute atomic E-state index is 0.155. The Labute approximate surface area is 108 Å². The molecular formula is C14H10N2O3. The lowest BCUT2D eigenvalue weighted by Crippen LogP contribution is -1.99. The van der Waals surface area contributed by atoms with E-state index >= 15 is 0 Å². The first-order valence-electron chi connectivity index (χ1n) is 5.72. The van der Waals surface area contributed by atoms with Gasteiger partial charge in [-0.05, 0) is 13.0 Å². The van der Waals surface area contributed by atoms with E-state index in [2.05, 4.69) is 10.1 Å². The van der Waals surface area contributed by atoms with Gasteiger partial charge in [-0.2, -0.15) is 0 Å². The zero-order valence-corrected chi connectivity index (χ0v) is 10.1. The highest BCUT2D eigenvalue weighted by Gasteiger charge is 2.18. The van der Waals surface area contributed by atoms with Gasteiger partial charge in [0.25, 0.3) is 5.71 Å². The maximum atomic E-state index is 11.4. The maximum Gasteiger partial charge on any atom is 0.336 e. The third-order valence-corrected chi connectivity index (χ3v) is 2.92. The van der Waals surface area contributed by atoms with Gasteiger partial charge in [0.15, 0.2) is 0 Å². The molecule has 3 rings (SSSR count). The van der Waals surface area contributed by atoms with Crippen LogP contribution in [-0.2, 0) is 0 Å². The summed E-state index contributed by atoms with van der Waals surface area (Å²) in [5.41, 5.74) is 2.32. The highest BCUT2D eigenvalue weighted by molar-refractivity contribution is 6.03. The number of carboxylic acids is 1. The highest BCUT2D eigenvalue weighted by atomic mass is 16.5. The lowest BCUT2D eigenvalue weighted by molar-refractivity contribution is 0.0699. The molecule has 3 aromatic rings. The SMILES string of the molecule is Cc1noc2nc(-c3ccccc3)cc(C(=O)O)c12. The molecule has 0 atom stereocenters. The van der Waals surface area contributed by atoms with Gasteiger partial charge in [-0.25, -0.2) is 9.78 Å². The molecule has 1 N–H and O–H groups in total. The molecule has 2 heterocycles. The lowest BCUT2D eigenvalue weighted by atomic mass is 10.1. The molecule has 0 aliphatic carbocycles. The average Bonchev–Trinajstić information content (AvgIpc) is 2.80. The molecule has 5 nitrogen and oxygen atoms in total. The molecule has 0 aliphatic heterocycles. The summed E-state index contributed by atoms with van der Waals surface area (Å²) < 4.78 is 5.08. The Morgan fingerprint density at radius 3 is 2.68 bits per heavy atom. The largest absolute Gasteiger partial charge is 0.478 e. The van der Waals surface area contributed by atoms with E-state index in [9.17, 15) is 9.90 Å². The van der Waals surface area contributed by atoms with Crippen molar-refractivity contribution in [3.63, 3.8) is 0 Å². The number of aryl methyl sites for hydroxylation is 1. The lowest BCUT2D eigenvalue weighted by Gasteiger charge is -2.03. The molecule has 1 aromatic carbocycles. The summed E-state index contributed by atoms with van der Waals surface area (Å²) in [5, 5.41) is 13.5. The Balaban J connectivity index is 2.32. The Morgan fingerprint density at radius 1 is 1.26 bits per heavy atom. The number of fused-ring (bicyclic) bond motifs is 1. The highest BCUT2D eigenvalue weighted by Crippen LogP contribution is 2.26. The van der Waals surface area contributed by atoms with Gasteiger partial charge >= 0.3 is 5.97 Å². The van der Waals surface area contributed by atoms with Gasteiger partial charge in [0.1, 0.15) is 0 Å². The number of pyridine rings is 1.